The average Bonchev–Trinajstić information content (AvgIpc) is 3.03. The SMILES string of the molecule is Cc1ccc2c(c1)NC(=O)[C@@]21C[C@@H](C2(C)C=NN=N2)N[C@@H](C)C1. The number of hydrogen-bond donors (Lipinski definition) is 2. The van der Waals surface area contributed by atoms with Gasteiger partial charge in [0.1, 0.15) is 5.54 Å². The molecule has 3 aliphatic heterocycles. The highest BCUT2D eigenvalue weighted by Gasteiger charge is 2.54. The number of anilines is 1. The number of nitrogens with one attached hydrogen (secondary N) is 2. The number of hydrogen-bond acceptors (Lipinski definition) is 5. The lowest BCUT2D eigenvalue weighted by molar-refractivity contribution is -0.122. The normalized spacial score (nSPS) is 38.1. The fraction of sp³-hybridized carbons (Fsp3) is 0.529. The molecular weight excluding hydrogens is 290 g/mol. The van der Waals surface area contributed by atoms with Crippen LogP contribution in [0.15, 0.2) is 33.6 Å². The Balaban J connectivity index is 1.77. The summed E-state index contributed by atoms with van der Waals surface area (Å²) < 4.78 is 0. The second-order valence-corrected chi connectivity index (χ2v) is 7.27. The molecule has 0 aliphatic carbocycles. The quantitative estimate of drug-likeness (QED) is 0.836. The molecule has 1 spiro atoms. The Bertz CT molecular complexity index is 728. The van der Waals surface area contributed by atoms with E-state index in [2.05, 4.69) is 51.2 Å². The topological polar surface area (TPSA) is 78.2 Å². The van der Waals surface area contributed by atoms with Gasteiger partial charge in [-0.25, -0.2) is 0 Å². The van der Waals surface area contributed by atoms with Crippen molar-refractivity contribution in [1.29, 1.82) is 0 Å². The first-order chi connectivity index (χ1) is 10.9. The van der Waals surface area contributed by atoms with Gasteiger partial charge in [-0.2, -0.15) is 5.11 Å². The monoisotopic (exact) mass is 311 g/mol. The first kappa shape index (κ1) is 14.5. The summed E-state index contributed by atoms with van der Waals surface area (Å²) in [5.74, 6) is 0.104. The summed E-state index contributed by atoms with van der Waals surface area (Å²) in [5, 5.41) is 18.7. The van der Waals surface area contributed by atoms with Gasteiger partial charge < -0.3 is 10.6 Å². The lowest BCUT2D eigenvalue weighted by Crippen LogP contribution is -2.60. The van der Waals surface area contributed by atoms with Crippen LogP contribution in [0.1, 0.15) is 37.8 Å². The fourth-order valence-electron chi connectivity index (χ4n) is 4.19. The van der Waals surface area contributed by atoms with E-state index in [0.717, 1.165) is 23.2 Å². The largest absolute Gasteiger partial charge is 0.325 e. The Hall–Kier alpha value is -2.08. The summed E-state index contributed by atoms with van der Waals surface area (Å²) in [4.78, 5) is 12.9. The summed E-state index contributed by atoms with van der Waals surface area (Å²) >= 11 is 0. The Labute approximate surface area is 135 Å². The Morgan fingerprint density at radius 1 is 1.30 bits per heavy atom. The van der Waals surface area contributed by atoms with Gasteiger partial charge in [0, 0.05) is 17.8 Å². The van der Waals surface area contributed by atoms with Gasteiger partial charge in [0.25, 0.3) is 0 Å². The molecule has 4 atom stereocenters. The zero-order valence-corrected chi connectivity index (χ0v) is 13.6. The van der Waals surface area contributed by atoms with Crippen molar-refractivity contribution in [2.24, 2.45) is 15.4 Å². The summed E-state index contributed by atoms with van der Waals surface area (Å²) in [6.45, 7) is 6.18. The Kier molecular flexibility index (Phi) is 2.97. The molecule has 2 N–H and O–H groups in total. The lowest BCUT2D eigenvalue weighted by atomic mass is 9.66. The van der Waals surface area contributed by atoms with Gasteiger partial charge in [-0.15, -0.1) is 5.10 Å². The third-order valence-electron chi connectivity index (χ3n) is 5.40. The zero-order chi connectivity index (χ0) is 16.2. The van der Waals surface area contributed by atoms with Crippen molar-refractivity contribution in [2.45, 2.75) is 56.7 Å². The molecule has 23 heavy (non-hydrogen) atoms. The number of piperidine rings is 1. The molecule has 6 heteroatoms. The summed E-state index contributed by atoms with van der Waals surface area (Å²) in [7, 11) is 0. The highest BCUT2D eigenvalue weighted by atomic mass is 16.2. The number of fused-ring (bicyclic) bond motifs is 2. The minimum atomic E-state index is -0.493. The molecule has 0 radical (unpaired) electrons. The van der Waals surface area contributed by atoms with Gasteiger partial charge >= 0.3 is 0 Å². The van der Waals surface area contributed by atoms with Gasteiger partial charge in [-0.1, -0.05) is 12.1 Å². The van der Waals surface area contributed by atoms with Crippen molar-refractivity contribution in [3.05, 3.63) is 29.3 Å². The molecule has 1 aromatic carbocycles. The van der Waals surface area contributed by atoms with E-state index in [0.29, 0.717) is 6.42 Å². The van der Waals surface area contributed by atoms with Crippen LogP contribution in [0.25, 0.3) is 0 Å². The molecule has 1 aromatic rings. The Morgan fingerprint density at radius 2 is 2.13 bits per heavy atom. The molecule has 1 saturated heterocycles. The predicted octanol–water partition coefficient (Wildman–Crippen LogP) is 2.54. The first-order valence-corrected chi connectivity index (χ1v) is 8.08. The third-order valence-corrected chi connectivity index (χ3v) is 5.40. The van der Waals surface area contributed by atoms with E-state index in [-0.39, 0.29) is 18.0 Å². The fourth-order valence-corrected chi connectivity index (χ4v) is 4.19. The average molecular weight is 311 g/mol. The van der Waals surface area contributed by atoms with Crippen LogP contribution in [0.2, 0.25) is 0 Å². The minimum Gasteiger partial charge on any atom is -0.325 e. The molecule has 120 valence electrons. The molecule has 3 heterocycles. The van der Waals surface area contributed by atoms with Crippen molar-refractivity contribution in [1.82, 2.24) is 5.32 Å². The smallest absolute Gasteiger partial charge is 0.235 e. The molecule has 0 bridgehead atoms. The van der Waals surface area contributed by atoms with Crippen molar-refractivity contribution in [2.75, 3.05) is 5.32 Å². The molecule has 0 saturated carbocycles. The standard InChI is InChI=1S/C17H21N5O/c1-10-4-5-12-13(6-10)20-15(23)17(12)7-11(2)19-14(8-17)16(3)9-18-22-21-16/h4-6,9,11,14,19H,7-8H2,1-3H3,(H,20,23)/t11-,14-,16?,17-/m0/s1. The van der Waals surface area contributed by atoms with Crippen molar-refractivity contribution < 1.29 is 4.79 Å². The summed E-state index contributed by atoms with van der Waals surface area (Å²) in [6.07, 6.45) is 3.26. The highest BCUT2D eigenvalue weighted by Crippen LogP contribution is 2.48. The summed E-state index contributed by atoms with van der Waals surface area (Å²) in [6, 6.07) is 6.49. The molecule has 6 nitrogen and oxygen atoms in total. The van der Waals surface area contributed by atoms with Gasteiger partial charge in [0.05, 0.1) is 11.6 Å². The van der Waals surface area contributed by atoms with Crippen LogP contribution < -0.4 is 10.6 Å². The molecule has 0 aromatic heterocycles. The van der Waals surface area contributed by atoms with E-state index < -0.39 is 11.0 Å². The van der Waals surface area contributed by atoms with Crippen LogP contribution in [0.3, 0.4) is 0 Å². The number of amides is 1. The summed E-state index contributed by atoms with van der Waals surface area (Å²) in [5.41, 5.74) is 2.24. The van der Waals surface area contributed by atoms with Gasteiger partial charge in [0.15, 0.2) is 0 Å². The number of rotatable bonds is 1. The number of carbonyl (C=O) groups is 1. The molecule has 3 aliphatic rings. The number of benzene rings is 1. The maximum atomic E-state index is 12.9. The molecule has 4 rings (SSSR count). The number of nitrogens with zero attached hydrogens (tertiary/aromatic N) is 3. The van der Waals surface area contributed by atoms with Gasteiger partial charge in [-0.3, -0.25) is 4.79 Å². The van der Waals surface area contributed by atoms with Gasteiger partial charge in [0.2, 0.25) is 5.91 Å². The predicted molar refractivity (Wildman–Crippen MR) is 88.9 cm³/mol. The number of carbonyl (C=O) groups excluding carboxylic acids is 1. The van der Waals surface area contributed by atoms with E-state index in [9.17, 15) is 4.79 Å². The van der Waals surface area contributed by atoms with Crippen molar-refractivity contribution in [3.63, 3.8) is 0 Å². The maximum Gasteiger partial charge on any atom is 0.235 e. The number of aryl methyl sites for hydroxylation is 1. The molecule has 1 unspecified atom stereocenters. The van der Waals surface area contributed by atoms with Crippen LogP contribution in [0.5, 0.6) is 0 Å². The zero-order valence-electron chi connectivity index (χ0n) is 13.6. The van der Waals surface area contributed by atoms with Crippen LogP contribution in [0, 0.1) is 6.92 Å². The van der Waals surface area contributed by atoms with Crippen LogP contribution >= 0.6 is 0 Å². The van der Waals surface area contributed by atoms with E-state index in [4.69, 9.17) is 0 Å². The van der Waals surface area contributed by atoms with Crippen LogP contribution in [0.4, 0.5) is 5.69 Å². The van der Waals surface area contributed by atoms with E-state index in [1.807, 2.05) is 13.8 Å². The molecular formula is C17H21N5O. The highest BCUT2D eigenvalue weighted by molar-refractivity contribution is 6.06. The molecule has 1 amide bonds. The lowest BCUT2D eigenvalue weighted by Gasteiger charge is -2.44. The molecule has 1 fully saturated rings. The maximum absolute atomic E-state index is 12.9. The van der Waals surface area contributed by atoms with Crippen molar-refractivity contribution in [3.8, 4) is 0 Å². The third kappa shape index (κ3) is 2.05. The van der Waals surface area contributed by atoms with Crippen molar-refractivity contribution >= 4 is 17.8 Å². The first-order valence-electron chi connectivity index (χ1n) is 8.08. The van der Waals surface area contributed by atoms with E-state index in [1.54, 1.807) is 6.21 Å². The van der Waals surface area contributed by atoms with Gasteiger partial charge in [-0.05, 0) is 56.0 Å². The minimum absolute atomic E-state index is 0.0271. The van der Waals surface area contributed by atoms with E-state index in [1.165, 1.54) is 0 Å². The second kappa shape index (κ2) is 4.71. The second-order valence-electron chi connectivity index (χ2n) is 7.27. The van der Waals surface area contributed by atoms with Crippen LogP contribution in [-0.4, -0.2) is 29.7 Å². The van der Waals surface area contributed by atoms with E-state index >= 15 is 0 Å². The Morgan fingerprint density at radius 3 is 2.87 bits per heavy atom. The van der Waals surface area contributed by atoms with Crippen LogP contribution in [-0.2, 0) is 10.2 Å².